The molecule has 102 valence electrons. The number of para-hydroxylation sites is 1. The van der Waals surface area contributed by atoms with Crippen molar-refractivity contribution in [3.8, 4) is 5.75 Å². The van der Waals surface area contributed by atoms with Crippen molar-refractivity contribution in [1.29, 1.82) is 0 Å². The molecule has 1 heterocycles. The molecule has 0 saturated carbocycles. The zero-order valence-electron chi connectivity index (χ0n) is 10.8. The lowest BCUT2D eigenvalue weighted by Crippen LogP contribution is -2.44. The van der Waals surface area contributed by atoms with Crippen molar-refractivity contribution < 1.29 is 9.90 Å². The number of halogens is 1. The quantitative estimate of drug-likeness (QED) is 0.843. The predicted molar refractivity (Wildman–Crippen MR) is 80.9 cm³/mol. The van der Waals surface area contributed by atoms with Crippen molar-refractivity contribution in [3.63, 3.8) is 0 Å². The summed E-state index contributed by atoms with van der Waals surface area (Å²) < 4.78 is 0.608. The molecule has 4 nitrogen and oxygen atoms in total. The van der Waals surface area contributed by atoms with Crippen LogP contribution in [-0.4, -0.2) is 18.1 Å². The minimum atomic E-state index is -0.255. The molecule has 2 aromatic rings. The number of rotatable bonds is 1. The molecule has 1 amide bonds. The number of anilines is 1. The first kappa shape index (κ1) is 13.0. The summed E-state index contributed by atoms with van der Waals surface area (Å²) in [5.74, 6) is 0.0897. The van der Waals surface area contributed by atoms with Gasteiger partial charge in [-0.25, -0.2) is 0 Å². The van der Waals surface area contributed by atoms with Gasteiger partial charge in [-0.1, -0.05) is 18.2 Å². The minimum absolute atomic E-state index is 0.0899. The number of fused-ring (bicyclic) bond motifs is 1. The van der Waals surface area contributed by atoms with E-state index < -0.39 is 0 Å². The van der Waals surface area contributed by atoms with Crippen molar-refractivity contribution in [2.45, 2.75) is 6.17 Å². The summed E-state index contributed by atoms with van der Waals surface area (Å²) >= 11 is 3.30. The number of nitrogens with zero attached hydrogens (tertiary/aromatic N) is 1. The Morgan fingerprint density at radius 3 is 2.75 bits per heavy atom. The molecule has 0 radical (unpaired) electrons. The lowest BCUT2D eigenvalue weighted by Gasteiger charge is -2.36. The van der Waals surface area contributed by atoms with Gasteiger partial charge in [0.05, 0.1) is 15.7 Å². The second-order valence-electron chi connectivity index (χ2n) is 4.71. The molecule has 0 fully saturated rings. The molecule has 0 unspecified atom stereocenters. The van der Waals surface area contributed by atoms with Gasteiger partial charge < -0.3 is 15.3 Å². The Hall–Kier alpha value is -2.01. The van der Waals surface area contributed by atoms with Crippen LogP contribution in [0, 0.1) is 0 Å². The molecule has 2 N–H and O–H groups in total. The standard InChI is InChI=1S/C15H13BrN2O2/c1-18-12-5-3-2-4-10(12)15(20)17-14(18)9-6-7-13(19)11(16)8-9/h2-8,14,19H,1H3,(H,17,20)/t14-/m0/s1. The molecule has 0 aromatic heterocycles. The number of phenolic OH excluding ortho intramolecular Hbond substituents is 1. The van der Waals surface area contributed by atoms with Gasteiger partial charge in [0.25, 0.3) is 5.91 Å². The van der Waals surface area contributed by atoms with Crippen LogP contribution in [-0.2, 0) is 0 Å². The molecular weight excluding hydrogens is 320 g/mol. The van der Waals surface area contributed by atoms with E-state index in [9.17, 15) is 9.90 Å². The summed E-state index contributed by atoms with van der Waals surface area (Å²) in [5.41, 5.74) is 2.47. The van der Waals surface area contributed by atoms with E-state index in [-0.39, 0.29) is 17.8 Å². The Morgan fingerprint density at radius 2 is 2.00 bits per heavy atom. The fraction of sp³-hybridized carbons (Fsp3) is 0.133. The first-order valence-corrected chi connectivity index (χ1v) is 6.98. The molecule has 20 heavy (non-hydrogen) atoms. The van der Waals surface area contributed by atoms with E-state index in [4.69, 9.17) is 0 Å². The Bertz CT molecular complexity index is 687. The van der Waals surface area contributed by atoms with E-state index in [0.717, 1.165) is 11.3 Å². The van der Waals surface area contributed by atoms with Gasteiger partial charge in [-0.05, 0) is 45.8 Å². The van der Waals surface area contributed by atoms with Crippen LogP contribution >= 0.6 is 15.9 Å². The largest absolute Gasteiger partial charge is 0.507 e. The number of nitrogens with one attached hydrogen (secondary N) is 1. The molecule has 0 aliphatic carbocycles. The van der Waals surface area contributed by atoms with Crippen molar-refractivity contribution in [3.05, 3.63) is 58.1 Å². The van der Waals surface area contributed by atoms with E-state index in [2.05, 4.69) is 21.2 Å². The number of hydrogen-bond acceptors (Lipinski definition) is 3. The highest BCUT2D eigenvalue weighted by molar-refractivity contribution is 9.10. The Morgan fingerprint density at radius 1 is 1.25 bits per heavy atom. The highest BCUT2D eigenvalue weighted by Gasteiger charge is 2.29. The van der Waals surface area contributed by atoms with Crippen LogP contribution in [0.3, 0.4) is 0 Å². The fourth-order valence-corrected chi connectivity index (χ4v) is 2.81. The van der Waals surface area contributed by atoms with Gasteiger partial charge in [-0.2, -0.15) is 0 Å². The first-order valence-electron chi connectivity index (χ1n) is 6.19. The van der Waals surface area contributed by atoms with Crippen LogP contribution in [0.25, 0.3) is 0 Å². The number of carbonyl (C=O) groups excluding carboxylic acids is 1. The smallest absolute Gasteiger partial charge is 0.255 e. The molecule has 2 aromatic carbocycles. The van der Waals surface area contributed by atoms with Crippen molar-refractivity contribution >= 4 is 27.5 Å². The predicted octanol–water partition coefficient (Wildman–Crippen LogP) is 3.03. The summed E-state index contributed by atoms with van der Waals surface area (Å²) in [6.45, 7) is 0. The van der Waals surface area contributed by atoms with Gasteiger partial charge >= 0.3 is 0 Å². The van der Waals surface area contributed by atoms with Crippen molar-refractivity contribution in [2.24, 2.45) is 0 Å². The van der Waals surface area contributed by atoms with Crippen LogP contribution in [0.15, 0.2) is 46.9 Å². The number of benzene rings is 2. The summed E-state index contributed by atoms with van der Waals surface area (Å²) in [6.07, 6.45) is -0.255. The fourth-order valence-electron chi connectivity index (χ4n) is 2.41. The normalized spacial score (nSPS) is 17.6. The second kappa shape index (κ2) is 4.83. The van der Waals surface area contributed by atoms with E-state index >= 15 is 0 Å². The average molecular weight is 333 g/mol. The van der Waals surface area contributed by atoms with E-state index in [1.54, 1.807) is 12.1 Å². The maximum absolute atomic E-state index is 12.2. The maximum Gasteiger partial charge on any atom is 0.255 e. The van der Waals surface area contributed by atoms with Gasteiger partial charge in [0, 0.05) is 7.05 Å². The molecule has 0 saturated heterocycles. The van der Waals surface area contributed by atoms with Gasteiger partial charge in [0.2, 0.25) is 0 Å². The van der Waals surface area contributed by atoms with Gasteiger partial charge in [-0.15, -0.1) is 0 Å². The lowest BCUT2D eigenvalue weighted by atomic mass is 10.0. The van der Waals surface area contributed by atoms with Crippen molar-refractivity contribution in [1.82, 2.24) is 5.32 Å². The summed E-state index contributed by atoms with van der Waals surface area (Å²) in [7, 11) is 1.93. The van der Waals surface area contributed by atoms with Crippen LogP contribution < -0.4 is 10.2 Å². The highest BCUT2D eigenvalue weighted by atomic mass is 79.9. The number of phenols is 1. The zero-order chi connectivity index (χ0) is 14.3. The van der Waals surface area contributed by atoms with E-state index in [1.807, 2.05) is 42.3 Å². The highest BCUT2D eigenvalue weighted by Crippen LogP contribution is 2.34. The monoisotopic (exact) mass is 332 g/mol. The van der Waals surface area contributed by atoms with Crippen LogP contribution in [0.4, 0.5) is 5.69 Å². The Balaban J connectivity index is 2.04. The zero-order valence-corrected chi connectivity index (χ0v) is 12.4. The maximum atomic E-state index is 12.2. The van der Waals surface area contributed by atoms with Crippen LogP contribution in [0.5, 0.6) is 5.75 Å². The number of amides is 1. The molecule has 1 atom stereocenters. The summed E-state index contributed by atoms with van der Waals surface area (Å²) in [6, 6.07) is 12.7. The number of hydrogen-bond donors (Lipinski definition) is 2. The number of aromatic hydroxyl groups is 1. The Kier molecular flexibility index (Phi) is 3.14. The van der Waals surface area contributed by atoms with E-state index in [0.29, 0.717) is 10.0 Å². The molecule has 1 aliphatic rings. The second-order valence-corrected chi connectivity index (χ2v) is 5.57. The number of carbonyl (C=O) groups is 1. The molecule has 0 bridgehead atoms. The first-order chi connectivity index (χ1) is 9.58. The molecular formula is C15H13BrN2O2. The molecule has 3 rings (SSSR count). The minimum Gasteiger partial charge on any atom is -0.507 e. The lowest BCUT2D eigenvalue weighted by molar-refractivity contribution is 0.0928. The van der Waals surface area contributed by atoms with Gasteiger partial charge in [0.15, 0.2) is 0 Å². The van der Waals surface area contributed by atoms with Gasteiger partial charge in [0.1, 0.15) is 11.9 Å². The summed E-state index contributed by atoms with van der Waals surface area (Å²) in [5, 5.41) is 12.5. The Labute approximate surface area is 125 Å². The third-order valence-corrected chi connectivity index (χ3v) is 4.11. The third-order valence-electron chi connectivity index (χ3n) is 3.47. The van der Waals surface area contributed by atoms with Crippen LogP contribution in [0.1, 0.15) is 22.1 Å². The van der Waals surface area contributed by atoms with Crippen molar-refractivity contribution in [2.75, 3.05) is 11.9 Å². The third kappa shape index (κ3) is 2.04. The SMILES string of the molecule is CN1c2ccccc2C(=O)N[C@@H]1c1ccc(O)c(Br)c1. The summed E-state index contributed by atoms with van der Waals surface area (Å²) in [4.78, 5) is 14.2. The van der Waals surface area contributed by atoms with Gasteiger partial charge in [-0.3, -0.25) is 4.79 Å². The molecule has 0 spiro atoms. The topological polar surface area (TPSA) is 52.6 Å². The molecule has 5 heteroatoms. The molecule has 1 aliphatic heterocycles. The average Bonchev–Trinajstić information content (AvgIpc) is 2.46. The van der Waals surface area contributed by atoms with E-state index in [1.165, 1.54) is 0 Å². The van der Waals surface area contributed by atoms with Crippen LogP contribution in [0.2, 0.25) is 0 Å².